The van der Waals surface area contributed by atoms with Gasteiger partial charge < -0.3 is 5.73 Å². The van der Waals surface area contributed by atoms with Gasteiger partial charge in [-0.2, -0.15) is 0 Å². The summed E-state index contributed by atoms with van der Waals surface area (Å²) in [5, 5.41) is 0. The number of sulfonamides is 1. The molecule has 0 fully saturated rings. The van der Waals surface area contributed by atoms with Gasteiger partial charge in [-0.3, -0.25) is 4.72 Å². The zero-order chi connectivity index (χ0) is 15.8. The largest absolute Gasteiger partial charge is 0.326 e. The molecule has 4 nitrogen and oxygen atoms in total. The summed E-state index contributed by atoms with van der Waals surface area (Å²) in [6, 6.07) is 2.99. The van der Waals surface area contributed by atoms with Crippen LogP contribution in [0.15, 0.2) is 31.4 Å². The second-order valence-electron chi connectivity index (χ2n) is 3.91. The van der Waals surface area contributed by atoms with Gasteiger partial charge in [0.05, 0.1) is 13.9 Å². The second kappa shape index (κ2) is 6.29. The average Bonchev–Trinajstić information content (AvgIpc) is 2.78. The van der Waals surface area contributed by atoms with Crippen LogP contribution in [0.1, 0.15) is 4.88 Å². The van der Waals surface area contributed by atoms with Gasteiger partial charge in [0.15, 0.2) is 0 Å². The van der Waals surface area contributed by atoms with Crippen LogP contribution >= 0.6 is 43.2 Å². The normalized spacial score (nSPS) is 11.7. The van der Waals surface area contributed by atoms with Gasteiger partial charge in [-0.25, -0.2) is 17.2 Å². The maximum absolute atomic E-state index is 13.7. The minimum Gasteiger partial charge on any atom is -0.326 e. The topological polar surface area (TPSA) is 72.2 Å². The number of halogens is 4. The average molecular weight is 462 g/mol. The van der Waals surface area contributed by atoms with Gasteiger partial charge in [0.1, 0.15) is 16.5 Å². The highest BCUT2D eigenvalue weighted by molar-refractivity contribution is 9.11. The SMILES string of the molecule is NCc1cc(S(=O)(=O)Nc2cc(F)c(Br)cc2F)c(Br)s1. The van der Waals surface area contributed by atoms with Crippen LogP contribution in [0.5, 0.6) is 0 Å². The summed E-state index contributed by atoms with van der Waals surface area (Å²) in [5.41, 5.74) is 4.98. The van der Waals surface area contributed by atoms with Gasteiger partial charge in [0.2, 0.25) is 0 Å². The fourth-order valence-corrected chi connectivity index (χ4v) is 5.42. The number of nitrogens with one attached hydrogen (secondary N) is 1. The number of benzene rings is 1. The molecule has 2 aromatic rings. The van der Waals surface area contributed by atoms with Crippen LogP contribution in [0.25, 0.3) is 0 Å². The fraction of sp³-hybridized carbons (Fsp3) is 0.0909. The molecule has 2 rings (SSSR count). The lowest BCUT2D eigenvalue weighted by molar-refractivity contribution is 0.591. The van der Waals surface area contributed by atoms with Crippen LogP contribution in [0.3, 0.4) is 0 Å². The Bertz CT molecular complexity index is 794. The van der Waals surface area contributed by atoms with Gasteiger partial charge in [-0.05, 0) is 44.0 Å². The lowest BCUT2D eigenvalue weighted by Gasteiger charge is -2.09. The summed E-state index contributed by atoms with van der Waals surface area (Å²) in [6.45, 7) is 0.181. The first-order chi connectivity index (χ1) is 9.74. The van der Waals surface area contributed by atoms with Gasteiger partial charge in [0, 0.05) is 17.5 Å². The zero-order valence-electron chi connectivity index (χ0n) is 10.2. The van der Waals surface area contributed by atoms with Crippen molar-refractivity contribution in [2.24, 2.45) is 5.73 Å². The summed E-state index contributed by atoms with van der Waals surface area (Å²) in [4.78, 5) is 0.570. The highest BCUT2D eigenvalue weighted by atomic mass is 79.9. The third kappa shape index (κ3) is 3.62. The van der Waals surface area contributed by atoms with Gasteiger partial charge in [0.25, 0.3) is 10.0 Å². The Morgan fingerprint density at radius 1 is 1.19 bits per heavy atom. The number of thiophene rings is 1. The molecule has 1 heterocycles. The molecule has 0 unspecified atom stereocenters. The third-order valence-electron chi connectivity index (χ3n) is 2.45. The highest BCUT2D eigenvalue weighted by Gasteiger charge is 2.22. The summed E-state index contributed by atoms with van der Waals surface area (Å²) in [5.74, 6) is -1.67. The molecule has 0 radical (unpaired) electrons. The van der Waals surface area contributed by atoms with Crippen LogP contribution < -0.4 is 10.5 Å². The molecule has 0 aliphatic heterocycles. The first-order valence-electron chi connectivity index (χ1n) is 5.40. The molecule has 114 valence electrons. The summed E-state index contributed by atoms with van der Waals surface area (Å²) in [6.07, 6.45) is 0. The Hall–Kier alpha value is -0.550. The van der Waals surface area contributed by atoms with Crippen molar-refractivity contribution in [3.05, 3.63) is 43.0 Å². The molecule has 0 aliphatic carbocycles. The molecule has 21 heavy (non-hydrogen) atoms. The monoisotopic (exact) mass is 460 g/mol. The predicted molar refractivity (Wildman–Crippen MR) is 84.8 cm³/mol. The van der Waals surface area contributed by atoms with Gasteiger partial charge in [-0.15, -0.1) is 11.3 Å². The van der Waals surface area contributed by atoms with Crippen LogP contribution in [0.2, 0.25) is 0 Å². The van der Waals surface area contributed by atoms with Crippen LogP contribution in [-0.4, -0.2) is 8.42 Å². The van der Waals surface area contributed by atoms with E-state index in [2.05, 4.69) is 31.9 Å². The number of hydrogen-bond acceptors (Lipinski definition) is 4. The summed E-state index contributed by atoms with van der Waals surface area (Å²) >= 11 is 7.10. The zero-order valence-corrected chi connectivity index (χ0v) is 15.0. The van der Waals surface area contributed by atoms with Crippen molar-refractivity contribution < 1.29 is 17.2 Å². The number of hydrogen-bond donors (Lipinski definition) is 2. The number of anilines is 1. The van der Waals surface area contributed by atoms with Crippen LogP contribution in [-0.2, 0) is 16.6 Å². The maximum Gasteiger partial charge on any atom is 0.263 e. The van der Waals surface area contributed by atoms with E-state index in [9.17, 15) is 17.2 Å². The Morgan fingerprint density at radius 3 is 2.43 bits per heavy atom. The molecule has 0 saturated heterocycles. The minimum atomic E-state index is -4.05. The predicted octanol–water partition coefficient (Wildman–Crippen LogP) is 3.81. The molecule has 0 saturated carbocycles. The van der Waals surface area contributed by atoms with E-state index in [0.29, 0.717) is 8.66 Å². The number of rotatable bonds is 4. The molecule has 0 atom stereocenters. The molecule has 1 aromatic heterocycles. The minimum absolute atomic E-state index is 0.0734. The Balaban J connectivity index is 2.42. The fourth-order valence-electron chi connectivity index (χ4n) is 1.48. The lowest BCUT2D eigenvalue weighted by atomic mass is 10.3. The van der Waals surface area contributed by atoms with Crippen molar-refractivity contribution in [3.8, 4) is 0 Å². The van der Waals surface area contributed by atoms with E-state index < -0.39 is 27.3 Å². The molecular formula is C11H8Br2F2N2O2S2. The van der Waals surface area contributed by atoms with E-state index in [1.54, 1.807) is 0 Å². The lowest BCUT2D eigenvalue weighted by Crippen LogP contribution is -2.14. The van der Waals surface area contributed by atoms with Crippen molar-refractivity contribution in [1.29, 1.82) is 0 Å². The summed E-state index contributed by atoms with van der Waals surface area (Å²) in [7, 11) is -4.05. The van der Waals surface area contributed by atoms with Crippen molar-refractivity contribution in [2.45, 2.75) is 11.4 Å². The molecule has 0 amide bonds. The van der Waals surface area contributed by atoms with Gasteiger partial charge >= 0.3 is 0 Å². The molecule has 10 heteroatoms. The molecule has 0 aliphatic rings. The van der Waals surface area contributed by atoms with E-state index in [1.165, 1.54) is 6.07 Å². The Kier molecular flexibility index (Phi) is 5.03. The first kappa shape index (κ1) is 16.8. The van der Waals surface area contributed by atoms with Crippen molar-refractivity contribution >= 4 is 58.9 Å². The molecular weight excluding hydrogens is 454 g/mol. The smallest absolute Gasteiger partial charge is 0.263 e. The van der Waals surface area contributed by atoms with E-state index in [1.807, 2.05) is 4.72 Å². The van der Waals surface area contributed by atoms with Crippen molar-refractivity contribution in [3.63, 3.8) is 0 Å². The maximum atomic E-state index is 13.7. The second-order valence-corrected chi connectivity index (χ2v) is 8.87. The first-order valence-corrected chi connectivity index (χ1v) is 9.29. The molecule has 3 N–H and O–H groups in total. The molecule has 0 bridgehead atoms. The quantitative estimate of drug-likeness (QED) is 0.680. The number of nitrogens with two attached hydrogens (primary N) is 1. The van der Waals surface area contributed by atoms with E-state index >= 15 is 0 Å². The van der Waals surface area contributed by atoms with Gasteiger partial charge in [-0.1, -0.05) is 0 Å². The Morgan fingerprint density at radius 2 is 1.86 bits per heavy atom. The Labute approximate surface area is 140 Å². The van der Waals surface area contributed by atoms with E-state index in [0.717, 1.165) is 23.5 Å². The molecule has 0 spiro atoms. The van der Waals surface area contributed by atoms with E-state index in [-0.39, 0.29) is 15.9 Å². The third-order valence-corrected chi connectivity index (χ3v) is 6.70. The van der Waals surface area contributed by atoms with Crippen molar-refractivity contribution in [2.75, 3.05) is 4.72 Å². The van der Waals surface area contributed by atoms with Crippen LogP contribution in [0.4, 0.5) is 14.5 Å². The standard InChI is InChI=1S/C11H8Br2F2N2O2S2/c12-6-2-8(15)9(3-7(6)14)17-21(18,19)10-1-5(4-16)20-11(10)13/h1-3,17H,4,16H2. The van der Waals surface area contributed by atoms with Crippen molar-refractivity contribution in [1.82, 2.24) is 0 Å². The highest BCUT2D eigenvalue weighted by Crippen LogP contribution is 2.33. The molecule has 1 aromatic carbocycles. The summed E-state index contributed by atoms with van der Waals surface area (Å²) < 4.78 is 53.8. The van der Waals surface area contributed by atoms with Crippen LogP contribution in [0, 0.1) is 11.6 Å². The van der Waals surface area contributed by atoms with E-state index in [4.69, 9.17) is 5.73 Å².